The minimum Gasteiger partial charge on any atom is -0.508 e. The SMILES string of the molecule is CC(C)n1c(CN2CCCCCC2)cc2cc(O)ccc21. The molecule has 2 aromatic rings. The second-order valence-electron chi connectivity index (χ2n) is 6.53. The average Bonchev–Trinajstić information content (AvgIpc) is 2.60. The van der Waals surface area contributed by atoms with Gasteiger partial charge in [-0.3, -0.25) is 4.90 Å². The summed E-state index contributed by atoms with van der Waals surface area (Å²) < 4.78 is 2.42. The van der Waals surface area contributed by atoms with Crippen molar-refractivity contribution in [3.8, 4) is 5.75 Å². The number of nitrogens with zero attached hydrogens (tertiary/aromatic N) is 2. The van der Waals surface area contributed by atoms with Gasteiger partial charge in [0.2, 0.25) is 0 Å². The first-order valence-corrected chi connectivity index (χ1v) is 8.20. The molecule has 3 nitrogen and oxygen atoms in total. The minimum atomic E-state index is 0.352. The number of benzene rings is 1. The normalized spacial score (nSPS) is 17.5. The van der Waals surface area contributed by atoms with Crippen LogP contribution in [-0.2, 0) is 6.54 Å². The van der Waals surface area contributed by atoms with E-state index in [0.29, 0.717) is 11.8 Å². The maximum atomic E-state index is 9.71. The highest BCUT2D eigenvalue weighted by Crippen LogP contribution is 2.28. The molecule has 2 heterocycles. The lowest BCUT2D eigenvalue weighted by atomic mass is 10.2. The number of likely N-dealkylation sites (tertiary alicyclic amines) is 1. The fourth-order valence-electron chi connectivity index (χ4n) is 3.54. The molecule has 1 fully saturated rings. The molecule has 0 amide bonds. The van der Waals surface area contributed by atoms with Gasteiger partial charge in [0.25, 0.3) is 0 Å². The van der Waals surface area contributed by atoms with Crippen molar-refractivity contribution >= 4 is 10.9 Å². The Hall–Kier alpha value is -1.48. The van der Waals surface area contributed by atoms with Crippen molar-refractivity contribution in [2.24, 2.45) is 0 Å². The Bertz CT molecular complexity index is 607. The van der Waals surface area contributed by atoms with Crippen LogP contribution in [0.5, 0.6) is 5.75 Å². The zero-order chi connectivity index (χ0) is 14.8. The summed E-state index contributed by atoms with van der Waals surface area (Å²) in [6.45, 7) is 7.92. The van der Waals surface area contributed by atoms with Crippen LogP contribution < -0.4 is 0 Å². The topological polar surface area (TPSA) is 28.4 Å². The van der Waals surface area contributed by atoms with E-state index in [9.17, 15) is 5.11 Å². The average molecular weight is 286 g/mol. The van der Waals surface area contributed by atoms with E-state index in [2.05, 4.69) is 29.4 Å². The number of fused-ring (bicyclic) bond motifs is 1. The molecule has 1 N–H and O–H groups in total. The molecular formula is C18H26N2O. The Balaban J connectivity index is 1.94. The van der Waals surface area contributed by atoms with E-state index in [1.807, 2.05) is 12.1 Å². The molecule has 3 heteroatoms. The van der Waals surface area contributed by atoms with Gasteiger partial charge < -0.3 is 9.67 Å². The van der Waals surface area contributed by atoms with Gasteiger partial charge in [-0.25, -0.2) is 0 Å². The van der Waals surface area contributed by atoms with Crippen molar-refractivity contribution in [2.45, 2.75) is 52.1 Å². The lowest BCUT2D eigenvalue weighted by Gasteiger charge is -2.22. The lowest BCUT2D eigenvalue weighted by molar-refractivity contribution is 0.268. The fourth-order valence-corrected chi connectivity index (χ4v) is 3.54. The third-order valence-corrected chi connectivity index (χ3v) is 4.50. The molecular weight excluding hydrogens is 260 g/mol. The monoisotopic (exact) mass is 286 g/mol. The number of aromatic nitrogens is 1. The van der Waals surface area contributed by atoms with Crippen molar-refractivity contribution in [1.29, 1.82) is 0 Å². The summed E-state index contributed by atoms with van der Waals surface area (Å²) in [5.74, 6) is 0.352. The molecule has 114 valence electrons. The van der Waals surface area contributed by atoms with Crippen molar-refractivity contribution < 1.29 is 5.11 Å². The van der Waals surface area contributed by atoms with Crippen LogP contribution in [0, 0.1) is 0 Å². The summed E-state index contributed by atoms with van der Waals surface area (Å²) in [7, 11) is 0. The van der Waals surface area contributed by atoms with E-state index < -0.39 is 0 Å². The molecule has 1 aliphatic rings. The van der Waals surface area contributed by atoms with Crippen LogP contribution in [-0.4, -0.2) is 27.7 Å². The van der Waals surface area contributed by atoms with E-state index in [-0.39, 0.29) is 0 Å². The molecule has 1 aromatic carbocycles. The number of phenols is 1. The molecule has 3 rings (SSSR count). The van der Waals surface area contributed by atoms with Crippen molar-refractivity contribution in [1.82, 2.24) is 9.47 Å². The van der Waals surface area contributed by atoms with Gasteiger partial charge in [0.05, 0.1) is 0 Å². The third kappa shape index (κ3) is 3.08. The van der Waals surface area contributed by atoms with Gasteiger partial charge in [-0.15, -0.1) is 0 Å². The molecule has 0 bridgehead atoms. The molecule has 0 unspecified atom stereocenters. The largest absolute Gasteiger partial charge is 0.508 e. The summed E-state index contributed by atoms with van der Waals surface area (Å²) in [5, 5.41) is 10.9. The lowest BCUT2D eigenvalue weighted by Crippen LogP contribution is -2.25. The predicted molar refractivity (Wildman–Crippen MR) is 87.7 cm³/mol. The number of aromatic hydroxyl groups is 1. The van der Waals surface area contributed by atoms with Crippen LogP contribution in [0.2, 0.25) is 0 Å². The molecule has 0 saturated carbocycles. The first kappa shape index (κ1) is 14.5. The summed E-state index contributed by atoms with van der Waals surface area (Å²) in [6, 6.07) is 8.39. The van der Waals surface area contributed by atoms with Crippen molar-refractivity contribution in [2.75, 3.05) is 13.1 Å². The van der Waals surface area contributed by atoms with E-state index >= 15 is 0 Å². The van der Waals surface area contributed by atoms with Crippen LogP contribution in [0.1, 0.15) is 51.3 Å². The summed E-state index contributed by atoms with van der Waals surface area (Å²) >= 11 is 0. The molecule has 1 aliphatic heterocycles. The van der Waals surface area contributed by atoms with Gasteiger partial charge in [-0.05, 0) is 64.0 Å². The Morgan fingerprint density at radius 3 is 2.43 bits per heavy atom. The summed E-state index contributed by atoms with van der Waals surface area (Å²) in [5.41, 5.74) is 2.60. The zero-order valence-electron chi connectivity index (χ0n) is 13.2. The highest BCUT2D eigenvalue weighted by atomic mass is 16.3. The van der Waals surface area contributed by atoms with Gasteiger partial charge in [-0.1, -0.05) is 12.8 Å². The quantitative estimate of drug-likeness (QED) is 0.911. The van der Waals surface area contributed by atoms with Gasteiger partial charge in [0, 0.05) is 29.2 Å². The second-order valence-corrected chi connectivity index (χ2v) is 6.53. The van der Waals surface area contributed by atoms with E-state index in [1.165, 1.54) is 50.0 Å². The third-order valence-electron chi connectivity index (χ3n) is 4.50. The molecule has 0 atom stereocenters. The molecule has 1 aromatic heterocycles. The fraction of sp³-hybridized carbons (Fsp3) is 0.556. The van der Waals surface area contributed by atoms with E-state index in [0.717, 1.165) is 11.9 Å². The molecule has 0 radical (unpaired) electrons. The summed E-state index contributed by atoms with van der Waals surface area (Å²) in [6.07, 6.45) is 5.39. The number of hydrogen-bond acceptors (Lipinski definition) is 2. The number of hydrogen-bond donors (Lipinski definition) is 1. The summed E-state index contributed by atoms with van der Waals surface area (Å²) in [4.78, 5) is 2.58. The standard InChI is InChI=1S/C18H26N2O/c1-14(2)20-16(13-19-9-5-3-4-6-10-19)11-15-12-17(21)7-8-18(15)20/h7-8,11-12,14,21H,3-6,9-10,13H2,1-2H3. The highest BCUT2D eigenvalue weighted by molar-refractivity contribution is 5.83. The Morgan fingerprint density at radius 2 is 1.76 bits per heavy atom. The van der Waals surface area contributed by atoms with Crippen LogP contribution >= 0.6 is 0 Å². The van der Waals surface area contributed by atoms with Gasteiger partial charge in [-0.2, -0.15) is 0 Å². The molecule has 1 saturated heterocycles. The van der Waals surface area contributed by atoms with Crippen LogP contribution in [0.25, 0.3) is 10.9 Å². The Morgan fingerprint density at radius 1 is 1.05 bits per heavy atom. The molecule has 0 aliphatic carbocycles. The minimum absolute atomic E-state index is 0.352. The Kier molecular flexibility index (Phi) is 4.20. The van der Waals surface area contributed by atoms with Crippen molar-refractivity contribution in [3.63, 3.8) is 0 Å². The zero-order valence-corrected chi connectivity index (χ0v) is 13.2. The highest BCUT2D eigenvalue weighted by Gasteiger charge is 2.16. The van der Waals surface area contributed by atoms with E-state index in [4.69, 9.17) is 0 Å². The van der Waals surface area contributed by atoms with E-state index in [1.54, 1.807) is 6.07 Å². The number of phenolic OH excluding ortho intramolecular Hbond substituents is 1. The van der Waals surface area contributed by atoms with Crippen molar-refractivity contribution in [3.05, 3.63) is 30.0 Å². The first-order chi connectivity index (χ1) is 10.1. The van der Waals surface area contributed by atoms with Crippen LogP contribution in [0.15, 0.2) is 24.3 Å². The first-order valence-electron chi connectivity index (χ1n) is 8.20. The van der Waals surface area contributed by atoms with Gasteiger partial charge in [0.15, 0.2) is 0 Å². The molecule has 0 spiro atoms. The number of rotatable bonds is 3. The van der Waals surface area contributed by atoms with Crippen LogP contribution in [0.3, 0.4) is 0 Å². The van der Waals surface area contributed by atoms with Gasteiger partial charge in [0.1, 0.15) is 5.75 Å². The predicted octanol–water partition coefficient (Wildman–Crippen LogP) is 4.30. The molecule has 21 heavy (non-hydrogen) atoms. The Labute approximate surface area is 127 Å². The maximum absolute atomic E-state index is 9.71. The second kappa shape index (κ2) is 6.10. The van der Waals surface area contributed by atoms with Gasteiger partial charge >= 0.3 is 0 Å². The smallest absolute Gasteiger partial charge is 0.116 e. The maximum Gasteiger partial charge on any atom is 0.116 e. The van der Waals surface area contributed by atoms with Crippen LogP contribution in [0.4, 0.5) is 0 Å².